The van der Waals surface area contributed by atoms with E-state index in [1.54, 1.807) is 18.2 Å². The topological polar surface area (TPSA) is 64.4 Å². The minimum atomic E-state index is -0.136. The first kappa shape index (κ1) is 13.2. The Morgan fingerprint density at radius 2 is 2.28 bits per heavy atom. The van der Waals surface area contributed by atoms with Crippen LogP contribution in [0.3, 0.4) is 0 Å². The Morgan fingerprint density at radius 3 is 2.94 bits per heavy atom. The van der Waals surface area contributed by atoms with Crippen LogP contribution in [-0.2, 0) is 4.74 Å². The summed E-state index contributed by atoms with van der Waals surface area (Å²) in [4.78, 5) is 12.1. The van der Waals surface area contributed by atoms with E-state index >= 15 is 0 Å². The number of benzene rings is 1. The van der Waals surface area contributed by atoms with Crippen molar-refractivity contribution in [2.24, 2.45) is 0 Å². The maximum Gasteiger partial charge on any atom is 0.251 e. The number of nitrogen functional groups attached to an aromatic ring is 1. The van der Waals surface area contributed by atoms with Crippen LogP contribution in [0.1, 0.15) is 30.1 Å². The zero-order valence-corrected chi connectivity index (χ0v) is 11.0. The Kier molecular flexibility index (Phi) is 4.09. The van der Waals surface area contributed by atoms with Gasteiger partial charge in [-0.25, -0.2) is 0 Å². The second kappa shape index (κ2) is 5.59. The van der Waals surface area contributed by atoms with E-state index in [9.17, 15) is 4.79 Å². The van der Waals surface area contributed by atoms with E-state index in [1.807, 2.05) is 6.92 Å². The Balaban J connectivity index is 2.02. The molecule has 1 fully saturated rings. The number of carbonyl (C=O) groups is 1. The van der Waals surface area contributed by atoms with Crippen LogP contribution in [0.15, 0.2) is 18.2 Å². The molecule has 2 unspecified atom stereocenters. The van der Waals surface area contributed by atoms with E-state index < -0.39 is 0 Å². The monoisotopic (exact) mass is 268 g/mol. The lowest BCUT2D eigenvalue weighted by molar-refractivity contribution is 0.0136. The highest BCUT2D eigenvalue weighted by Gasteiger charge is 2.21. The molecule has 0 aliphatic carbocycles. The number of rotatable bonds is 2. The van der Waals surface area contributed by atoms with Crippen molar-refractivity contribution in [3.8, 4) is 0 Å². The third-order valence-electron chi connectivity index (χ3n) is 3.00. The number of nitrogens with two attached hydrogens (primary N) is 1. The Labute approximate surface area is 111 Å². The highest BCUT2D eigenvalue weighted by molar-refractivity contribution is 6.31. The second-order valence-electron chi connectivity index (χ2n) is 4.65. The molecular weight excluding hydrogens is 252 g/mol. The lowest BCUT2D eigenvalue weighted by atomic mass is 10.0. The van der Waals surface area contributed by atoms with Gasteiger partial charge in [0.25, 0.3) is 5.91 Å². The molecule has 2 atom stereocenters. The Morgan fingerprint density at radius 1 is 1.50 bits per heavy atom. The summed E-state index contributed by atoms with van der Waals surface area (Å²) in [5.41, 5.74) is 6.66. The first-order chi connectivity index (χ1) is 8.54. The van der Waals surface area contributed by atoms with Gasteiger partial charge < -0.3 is 15.8 Å². The lowest BCUT2D eigenvalue weighted by Gasteiger charge is -2.28. The van der Waals surface area contributed by atoms with Crippen LogP contribution in [-0.4, -0.2) is 24.7 Å². The summed E-state index contributed by atoms with van der Waals surface area (Å²) in [6.07, 6.45) is 1.86. The first-order valence-electron chi connectivity index (χ1n) is 6.03. The molecule has 3 N–H and O–H groups in total. The standard InChI is InChI=1S/C13H17ClN2O2/c1-8-4-12(2-3-18-8)16-13(17)9-5-10(14)7-11(15)6-9/h5-8,12H,2-4,15H2,1H3,(H,16,17). The molecule has 98 valence electrons. The summed E-state index contributed by atoms with van der Waals surface area (Å²) >= 11 is 5.88. The highest BCUT2D eigenvalue weighted by Crippen LogP contribution is 2.18. The van der Waals surface area contributed by atoms with Gasteiger partial charge in [0, 0.05) is 28.9 Å². The van der Waals surface area contributed by atoms with Gasteiger partial charge in [-0.3, -0.25) is 4.79 Å². The molecule has 1 aliphatic heterocycles. The summed E-state index contributed by atoms with van der Waals surface area (Å²) in [5, 5.41) is 3.46. The van der Waals surface area contributed by atoms with E-state index in [1.165, 1.54) is 0 Å². The van der Waals surface area contributed by atoms with Crippen LogP contribution in [0.5, 0.6) is 0 Å². The molecule has 1 aliphatic rings. The normalized spacial score (nSPS) is 23.7. The number of nitrogens with one attached hydrogen (secondary N) is 1. The minimum absolute atomic E-state index is 0.136. The second-order valence-corrected chi connectivity index (χ2v) is 5.09. The number of hydrogen-bond donors (Lipinski definition) is 2. The molecule has 1 aromatic rings. The van der Waals surface area contributed by atoms with E-state index in [2.05, 4.69) is 5.32 Å². The average molecular weight is 269 g/mol. The molecule has 1 amide bonds. The molecule has 0 aromatic heterocycles. The van der Waals surface area contributed by atoms with Crippen molar-refractivity contribution in [2.75, 3.05) is 12.3 Å². The number of halogens is 1. The van der Waals surface area contributed by atoms with Gasteiger partial charge >= 0.3 is 0 Å². The highest BCUT2D eigenvalue weighted by atomic mass is 35.5. The smallest absolute Gasteiger partial charge is 0.251 e. The molecule has 18 heavy (non-hydrogen) atoms. The molecule has 0 spiro atoms. The van der Waals surface area contributed by atoms with Crippen molar-refractivity contribution in [1.82, 2.24) is 5.32 Å². The third-order valence-corrected chi connectivity index (χ3v) is 3.22. The van der Waals surface area contributed by atoms with E-state index in [-0.39, 0.29) is 18.1 Å². The predicted molar refractivity (Wildman–Crippen MR) is 71.8 cm³/mol. The van der Waals surface area contributed by atoms with Crippen LogP contribution in [0.25, 0.3) is 0 Å². The van der Waals surface area contributed by atoms with Crippen molar-refractivity contribution in [3.63, 3.8) is 0 Å². The predicted octanol–water partition coefficient (Wildman–Crippen LogP) is 2.22. The van der Waals surface area contributed by atoms with Crippen LogP contribution >= 0.6 is 11.6 Å². The molecule has 0 bridgehead atoms. The van der Waals surface area contributed by atoms with Crippen molar-refractivity contribution in [1.29, 1.82) is 0 Å². The van der Waals surface area contributed by atoms with Crippen LogP contribution in [0.4, 0.5) is 5.69 Å². The molecule has 0 radical (unpaired) electrons. The van der Waals surface area contributed by atoms with Gasteiger partial charge in [0.1, 0.15) is 0 Å². The number of anilines is 1. The lowest BCUT2D eigenvalue weighted by Crippen LogP contribution is -2.41. The number of hydrogen-bond acceptors (Lipinski definition) is 3. The van der Waals surface area contributed by atoms with Crippen LogP contribution < -0.4 is 11.1 Å². The van der Waals surface area contributed by atoms with E-state index in [4.69, 9.17) is 22.1 Å². The first-order valence-corrected chi connectivity index (χ1v) is 6.41. The van der Waals surface area contributed by atoms with Crippen LogP contribution in [0, 0.1) is 0 Å². The van der Waals surface area contributed by atoms with Gasteiger partial charge in [0.2, 0.25) is 0 Å². The van der Waals surface area contributed by atoms with E-state index in [0.717, 1.165) is 12.8 Å². The van der Waals surface area contributed by atoms with Gasteiger partial charge in [0.15, 0.2) is 0 Å². The minimum Gasteiger partial charge on any atom is -0.399 e. The fourth-order valence-corrected chi connectivity index (χ4v) is 2.38. The molecule has 5 heteroatoms. The molecule has 1 heterocycles. The Bertz CT molecular complexity index is 430. The largest absolute Gasteiger partial charge is 0.399 e. The molecule has 1 saturated heterocycles. The maximum absolute atomic E-state index is 12.1. The molecule has 1 aromatic carbocycles. The fraction of sp³-hybridized carbons (Fsp3) is 0.462. The van der Waals surface area contributed by atoms with Crippen molar-refractivity contribution in [3.05, 3.63) is 28.8 Å². The molecule has 4 nitrogen and oxygen atoms in total. The van der Waals surface area contributed by atoms with Gasteiger partial charge in [-0.15, -0.1) is 0 Å². The van der Waals surface area contributed by atoms with Crippen molar-refractivity contribution < 1.29 is 9.53 Å². The van der Waals surface area contributed by atoms with E-state index in [0.29, 0.717) is 22.9 Å². The summed E-state index contributed by atoms with van der Waals surface area (Å²) < 4.78 is 5.44. The summed E-state index contributed by atoms with van der Waals surface area (Å²) in [5.74, 6) is -0.136. The number of amides is 1. The number of ether oxygens (including phenoxy) is 1. The maximum atomic E-state index is 12.1. The Hall–Kier alpha value is -1.26. The molecular formula is C13H17ClN2O2. The van der Waals surface area contributed by atoms with Crippen LogP contribution in [0.2, 0.25) is 5.02 Å². The van der Waals surface area contributed by atoms with Gasteiger partial charge in [-0.1, -0.05) is 11.6 Å². The quantitative estimate of drug-likeness (QED) is 0.809. The summed E-state index contributed by atoms with van der Waals surface area (Å²) in [6, 6.07) is 5.02. The van der Waals surface area contributed by atoms with Gasteiger partial charge in [-0.2, -0.15) is 0 Å². The third kappa shape index (κ3) is 3.37. The SMILES string of the molecule is CC1CC(NC(=O)c2cc(N)cc(Cl)c2)CCO1. The van der Waals surface area contributed by atoms with Crippen molar-refractivity contribution >= 4 is 23.2 Å². The summed E-state index contributed by atoms with van der Waals surface area (Å²) in [7, 11) is 0. The van der Waals surface area contributed by atoms with Gasteiger partial charge in [0.05, 0.1) is 6.10 Å². The molecule has 0 saturated carbocycles. The zero-order chi connectivity index (χ0) is 13.1. The zero-order valence-electron chi connectivity index (χ0n) is 10.3. The average Bonchev–Trinajstić information content (AvgIpc) is 2.27. The summed E-state index contributed by atoms with van der Waals surface area (Å²) in [6.45, 7) is 2.69. The fourth-order valence-electron chi connectivity index (χ4n) is 2.14. The molecule has 2 rings (SSSR count). The number of carbonyl (C=O) groups excluding carboxylic acids is 1. The van der Waals surface area contributed by atoms with Gasteiger partial charge in [-0.05, 0) is 38.0 Å². The van der Waals surface area contributed by atoms with Crippen molar-refractivity contribution in [2.45, 2.75) is 31.9 Å².